The Labute approximate surface area is 167 Å². The number of thiazole rings is 1. The van der Waals surface area contributed by atoms with Gasteiger partial charge in [-0.2, -0.15) is 0 Å². The number of piperidine rings is 1. The Kier molecular flexibility index (Phi) is 5.37. The first-order valence-electron chi connectivity index (χ1n) is 9.56. The molecule has 1 unspecified atom stereocenters. The summed E-state index contributed by atoms with van der Waals surface area (Å²) in [4.78, 5) is 25.2. The second-order valence-corrected chi connectivity index (χ2v) is 8.49. The average molecular weight is 399 g/mol. The summed E-state index contributed by atoms with van der Waals surface area (Å²) in [6.45, 7) is 6.05. The van der Waals surface area contributed by atoms with Crippen LogP contribution in [0.15, 0.2) is 30.5 Å². The number of benzene rings is 1. The van der Waals surface area contributed by atoms with Crippen molar-refractivity contribution >= 4 is 33.3 Å². The molecule has 146 valence electrons. The number of hydrogen-bond acceptors (Lipinski definition) is 5. The van der Waals surface area contributed by atoms with Crippen LogP contribution in [0.5, 0.6) is 0 Å². The number of carbonyl (C=O) groups excluding carboxylic acids is 1. The Morgan fingerprint density at radius 1 is 1.36 bits per heavy atom. The predicted molar refractivity (Wildman–Crippen MR) is 110 cm³/mol. The van der Waals surface area contributed by atoms with Gasteiger partial charge in [-0.1, -0.05) is 6.42 Å². The van der Waals surface area contributed by atoms with Gasteiger partial charge in [0.05, 0.1) is 11.1 Å². The Hall–Kier alpha value is -2.38. The van der Waals surface area contributed by atoms with Gasteiger partial charge < -0.3 is 0 Å². The van der Waals surface area contributed by atoms with Gasteiger partial charge >= 0.3 is 0 Å². The molecule has 1 aliphatic rings. The van der Waals surface area contributed by atoms with Crippen LogP contribution >= 0.6 is 11.3 Å². The third kappa shape index (κ3) is 4.05. The quantitative estimate of drug-likeness (QED) is 0.688. The second kappa shape index (κ2) is 7.93. The number of pyridine rings is 1. The highest BCUT2D eigenvalue weighted by Gasteiger charge is 2.20. The zero-order valence-electron chi connectivity index (χ0n) is 16.0. The summed E-state index contributed by atoms with van der Waals surface area (Å²) in [7, 11) is 0. The number of halogens is 1. The summed E-state index contributed by atoms with van der Waals surface area (Å²) in [5.41, 5.74) is 1.72. The number of amides is 1. The number of hydrogen-bond donors (Lipinski definition) is 1. The molecule has 1 N–H and O–H groups in total. The Bertz CT molecular complexity index is 1020. The summed E-state index contributed by atoms with van der Waals surface area (Å²) in [6, 6.07) is 6.55. The van der Waals surface area contributed by atoms with Gasteiger partial charge in [-0.05, 0) is 57.5 Å². The Balaban J connectivity index is 1.52. The lowest BCUT2D eigenvalue weighted by Gasteiger charge is -2.32. The van der Waals surface area contributed by atoms with E-state index in [0.29, 0.717) is 33.3 Å². The molecule has 0 spiro atoms. The molecule has 4 rings (SSSR count). The van der Waals surface area contributed by atoms with Crippen molar-refractivity contribution in [3.63, 3.8) is 0 Å². The molecule has 0 bridgehead atoms. The molecule has 3 heterocycles. The van der Waals surface area contributed by atoms with E-state index < -0.39 is 0 Å². The van der Waals surface area contributed by atoms with E-state index in [4.69, 9.17) is 0 Å². The number of likely N-dealkylation sites (tertiary alicyclic amines) is 1. The maximum absolute atomic E-state index is 13.7. The van der Waals surface area contributed by atoms with Crippen LogP contribution in [-0.4, -0.2) is 33.4 Å². The average Bonchev–Trinajstić information content (AvgIpc) is 3.10. The van der Waals surface area contributed by atoms with Crippen LogP contribution in [0.2, 0.25) is 0 Å². The molecule has 1 aromatic carbocycles. The van der Waals surface area contributed by atoms with E-state index >= 15 is 0 Å². The maximum Gasteiger partial charge on any atom is 0.258 e. The van der Waals surface area contributed by atoms with Crippen molar-refractivity contribution in [3.8, 4) is 0 Å². The van der Waals surface area contributed by atoms with Crippen LogP contribution in [0.25, 0.3) is 10.9 Å². The van der Waals surface area contributed by atoms with Crippen molar-refractivity contribution < 1.29 is 9.18 Å². The molecular weight excluding hydrogens is 375 g/mol. The minimum absolute atomic E-state index is 0.298. The lowest BCUT2D eigenvalue weighted by Crippen LogP contribution is -2.36. The highest BCUT2D eigenvalue weighted by Crippen LogP contribution is 2.26. The van der Waals surface area contributed by atoms with Gasteiger partial charge in [0, 0.05) is 34.7 Å². The Morgan fingerprint density at radius 3 is 3.04 bits per heavy atom. The summed E-state index contributed by atoms with van der Waals surface area (Å²) >= 11 is 1.49. The summed E-state index contributed by atoms with van der Waals surface area (Å²) in [5.74, 6) is -0.687. The van der Waals surface area contributed by atoms with Crippen molar-refractivity contribution in [1.29, 1.82) is 0 Å². The third-order valence-corrected chi connectivity index (χ3v) is 6.11. The molecule has 3 aromatic rings. The zero-order valence-corrected chi connectivity index (χ0v) is 16.9. The van der Waals surface area contributed by atoms with Gasteiger partial charge in [0.25, 0.3) is 5.91 Å². The van der Waals surface area contributed by atoms with E-state index in [2.05, 4.69) is 27.1 Å². The molecule has 0 saturated carbocycles. The number of aromatic nitrogens is 2. The van der Waals surface area contributed by atoms with Crippen molar-refractivity contribution in [1.82, 2.24) is 14.9 Å². The largest absolute Gasteiger partial charge is 0.298 e. The molecule has 1 atom stereocenters. The summed E-state index contributed by atoms with van der Waals surface area (Å²) in [5, 5.41) is 3.93. The van der Waals surface area contributed by atoms with Gasteiger partial charge in [0.2, 0.25) is 0 Å². The van der Waals surface area contributed by atoms with E-state index in [9.17, 15) is 9.18 Å². The third-order valence-electron chi connectivity index (χ3n) is 5.22. The van der Waals surface area contributed by atoms with E-state index in [1.165, 1.54) is 42.7 Å². The highest BCUT2D eigenvalue weighted by molar-refractivity contribution is 7.15. The molecule has 1 amide bonds. The SMILES string of the molecule is Cc1cc(C(=O)Nc2ncc(CN3CCCCC3C)s2)c2cc(F)ccc2n1. The molecule has 0 aliphatic carbocycles. The number of anilines is 1. The molecule has 1 fully saturated rings. The first kappa shape index (κ1) is 19.0. The fourth-order valence-electron chi connectivity index (χ4n) is 3.71. The molecule has 28 heavy (non-hydrogen) atoms. The lowest BCUT2D eigenvalue weighted by molar-refractivity contribution is 0.102. The van der Waals surface area contributed by atoms with Gasteiger partial charge in [0.1, 0.15) is 5.82 Å². The molecule has 1 aliphatic heterocycles. The van der Waals surface area contributed by atoms with Crippen LogP contribution in [0.1, 0.15) is 47.1 Å². The van der Waals surface area contributed by atoms with Crippen LogP contribution in [0.3, 0.4) is 0 Å². The summed E-state index contributed by atoms with van der Waals surface area (Å²) in [6.07, 6.45) is 5.59. The van der Waals surface area contributed by atoms with E-state index in [1.807, 2.05) is 13.1 Å². The van der Waals surface area contributed by atoms with Crippen LogP contribution in [0.4, 0.5) is 9.52 Å². The smallest absolute Gasteiger partial charge is 0.258 e. The highest BCUT2D eigenvalue weighted by atomic mass is 32.1. The predicted octanol–water partition coefficient (Wildman–Crippen LogP) is 4.77. The van der Waals surface area contributed by atoms with Gasteiger partial charge in [-0.3, -0.25) is 20.0 Å². The van der Waals surface area contributed by atoms with E-state index in [1.54, 1.807) is 12.1 Å². The van der Waals surface area contributed by atoms with E-state index in [0.717, 1.165) is 18.0 Å². The van der Waals surface area contributed by atoms with Crippen LogP contribution in [-0.2, 0) is 6.54 Å². The standard InChI is InChI=1S/C21H23FN4OS/c1-13-9-18(17-10-15(22)6-7-19(17)24-13)20(27)25-21-23-11-16(28-21)12-26-8-4-3-5-14(26)2/h6-7,9-11,14H,3-5,8,12H2,1-2H3,(H,23,25,27). The number of nitrogens with one attached hydrogen (secondary N) is 1. The molecule has 0 radical (unpaired) electrons. The minimum Gasteiger partial charge on any atom is -0.298 e. The first-order chi connectivity index (χ1) is 13.5. The fourth-order valence-corrected chi connectivity index (χ4v) is 4.55. The van der Waals surface area contributed by atoms with Crippen molar-refractivity contribution in [3.05, 3.63) is 52.4 Å². The van der Waals surface area contributed by atoms with E-state index in [-0.39, 0.29) is 11.7 Å². The molecular formula is C21H23FN4OS. The minimum atomic E-state index is -0.389. The van der Waals surface area contributed by atoms with Crippen molar-refractivity contribution in [2.45, 2.75) is 45.7 Å². The normalized spacial score (nSPS) is 17.8. The van der Waals surface area contributed by atoms with Crippen molar-refractivity contribution in [2.24, 2.45) is 0 Å². The number of aryl methyl sites for hydroxylation is 1. The zero-order chi connectivity index (χ0) is 19.7. The molecule has 1 saturated heterocycles. The van der Waals surface area contributed by atoms with Crippen molar-refractivity contribution in [2.75, 3.05) is 11.9 Å². The van der Waals surface area contributed by atoms with Gasteiger partial charge in [0.15, 0.2) is 5.13 Å². The maximum atomic E-state index is 13.7. The molecule has 5 nitrogen and oxygen atoms in total. The van der Waals surface area contributed by atoms with Crippen LogP contribution in [0, 0.1) is 12.7 Å². The Morgan fingerprint density at radius 2 is 2.21 bits per heavy atom. The first-order valence-corrected chi connectivity index (χ1v) is 10.4. The number of nitrogens with zero attached hydrogens (tertiary/aromatic N) is 3. The topological polar surface area (TPSA) is 58.1 Å². The molecule has 7 heteroatoms. The van der Waals surface area contributed by atoms with Gasteiger partial charge in [-0.15, -0.1) is 11.3 Å². The number of fused-ring (bicyclic) bond motifs is 1. The number of carbonyl (C=O) groups is 1. The monoisotopic (exact) mass is 398 g/mol. The second-order valence-electron chi connectivity index (χ2n) is 7.37. The summed E-state index contributed by atoms with van der Waals surface area (Å²) < 4.78 is 13.7. The lowest BCUT2D eigenvalue weighted by atomic mass is 10.0. The molecule has 2 aromatic heterocycles. The number of rotatable bonds is 4. The van der Waals surface area contributed by atoms with Crippen LogP contribution < -0.4 is 5.32 Å². The van der Waals surface area contributed by atoms with Gasteiger partial charge in [-0.25, -0.2) is 9.37 Å². The fraction of sp³-hybridized carbons (Fsp3) is 0.381.